The highest BCUT2D eigenvalue weighted by atomic mass is 16.2. The fourth-order valence-electron chi connectivity index (χ4n) is 3.68. The number of aryl methyl sites for hydroxylation is 1. The summed E-state index contributed by atoms with van der Waals surface area (Å²) in [4.78, 5) is 40.5. The van der Waals surface area contributed by atoms with Gasteiger partial charge in [-0.25, -0.2) is 15.0 Å². The van der Waals surface area contributed by atoms with Crippen molar-refractivity contribution in [1.29, 1.82) is 0 Å². The van der Waals surface area contributed by atoms with E-state index in [0.717, 1.165) is 24.6 Å². The highest BCUT2D eigenvalue weighted by Gasteiger charge is 2.10. The number of hydrogen-bond acceptors (Lipinski definition) is 7. The molecule has 0 aliphatic heterocycles. The van der Waals surface area contributed by atoms with Crippen molar-refractivity contribution in [2.24, 2.45) is 0 Å². The molecule has 0 aliphatic rings. The summed E-state index contributed by atoms with van der Waals surface area (Å²) in [5, 5.41) is 6.59. The average molecular weight is 458 g/mol. The molecule has 0 spiro atoms. The molecule has 1 amide bonds. The van der Waals surface area contributed by atoms with Gasteiger partial charge in [-0.05, 0) is 57.2 Å². The number of nitrogens with zero attached hydrogens (tertiary/aromatic N) is 5. The van der Waals surface area contributed by atoms with Crippen LogP contribution in [0, 0.1) is 6.92 Å². The number of hydrogen-bond donors (Lipinski definition) is 2. The maximum atomic E-state index is 12.6. The maximum absolute atomic E-state index is 12.6. The van der Waals surface area contributed by atoms with Gasteiger partial charge in [0.25, 0.3) is 5.56 Å². The van der Waals surface area contributed by atoms with Crippen molar-refractivity contribution in [3.05, 3.63) is 77.1 Å². The van der Waals surface area contributed by atoms with Crippen LogP contribution in [-0.2, 0) is 11.3 Å². The molecular weight excluding hydrogens is 430 g/mol. The van der Waals surface area contributed by atoms with Crippen LogP contribution in [0.15, 0.2) is 65.7 Å². The second-order valence-electron chi connectivity index (χ2n) is 7.78. The van der Waals surface area contributed by atoms with E-state index in [1.807, 2.05) is 31.2 Å². The van der Waals surface area contributed by atoms with Crippen molar-refractivity contribution >= 4 is 39.8 Å². The molecule has 9 nitrogen and oxygen atoms in total. The minimum Gasteiger partial charge on any atom is -0.357 e. The van der Waals surface area contributed by atoms with Crippen LogP contribution in [0.1, 0.15) is 19.7 Å². The number of anilines is 4. The maximum Gasteiger partial charge on any atom is 0.261 e. The van der Waals surface area contributed by atoms with Gasteiger partial charge >= 0.3 is 0 Å². The lowest BCUT2D eigenvalue weighted by molar-refractivity contribution is -0.116. The number of rotatable bonds is 8. The Labute approximate surface area is 197 Å². The summed E-state index contributed by atoms with van der Waals surface area (Å²) in [7, 11) is 0. The third-order valence-electron chi connectivity index (χ3n) is 5.40. The van der Waals surface area contributed by atoms with Gasteiger partial charge < -0.3 is 15.5 Å². The predicted octanol–water partition coefficient (Wildman–Crippen LogP) is 3.72. The van der Waals surface area contributed by atoms with Gasteiger partial charge in [0.05, 0.1) is 17.2 Å². The van der Waals surface area contributed by atoms with E-state index in [4.69, 9.17) is 0 Å². The fourth-order valence-corrected chi connectivity index (χ4v) is 3.68. The second-order valence-corrected chi connectivity index (χ2v) is 7.78. The molecule has 0 atom stereocenters. The van der Waals surface area contributed by atoms with Crippen molar-refractivity contribution < 1.29 is 4.79 Å². The van der Waals surface area contributed by atoms with Gasteiger partial charge in [0.2, 0.25) is 5.91 Å². The summed E-state index contributed by atoms with van der Waals surface area (Å²) in [6.07, 6.45) is 1.40. The zero-order valence-electron chi connectivity index (χ0n) is 19.4. The summed E-state index contributed by atoms with van der Waals surface area (Å²) in [6.45, 7) is 7.66. The molecule has 0 bridgehead atoms. The fraction of sp³-hybridized carbons (Fsp3) is 0.240. The molecule has 174 valence electrons. The van der Waals surface area contributed by atoms with Crippen LogP contribution in [0.2, 0.25) is 0 Å². The molecule has 2 aromatic carbocycles. The molecule has 34 heavy (non-hydrogen) atoms. The van der Waals surface area contributed by atoms with Gasteiger partial charge in [0, 0.05) is 30.5 Å². The zero-order valence-corrected chi connectivity index (χ0v) is 19.4. The van der Waals surface area contributed by atoms with E-state index < -0.39 is 0 Å². The minimum atomic E-state index is -0.310. The molecule has 0 saturated heterocycles. The third-order valence-corrected chi connectivity index (χ3v) is 5.40. The Morgan fingerprint density at radius 1 is 1.00 bits per heavy atom. The van der Waals surface area contributed by atoms with Crippen LogP contribution in [0.3, 0.4) is 0 Å². The molecule has 0 fully saturated rings. The number of carbonyl (C=O) groups excluding carboxylic acids is 1. The molecule has 2 N–H and O–H groups in total. The molecule has 2 aromatic heterocycles. The van der Waals surface area contributed by atoms with Gasteiger partial charge in [-0.15, -0.1) is 0 Å². The highest BCUT2D eigenvalue weighted by molar-refractivity contribution is 5.91. The van der Waals surface area contributed by atoms with Crippen LogP contribution in [0.25, 0.3) is 10.9 Å². The van der Waals surface area contributed by atoms with E-state index in [1.165, 1.54) is 10.9 Å². The quantitative estimate of drug-likeness (QED) is 0.415. The van der Waals surface area contributed by atoms with Gasteiger partial charge in [-0.2, -0.15) is 0 Å². The second kappa shape index (κ2) is 10.1. The van der Waals surface area contributed by atoms with Crippen molar-refractivity contribution in [2.45, 2.75) is 27.3 Å². The number of benzene rings is 2. The smallest absolute Gasteiger partial charge is 0.261 e. The molecule has 0 unspecified atom stereocenters. The topological polar surface area (TPSA) is 105 Å². The lowest BCUT2D eigenvalue weighted by Crippen LogP contribution is -2.27. The largest absolute Gasteiger partial charge is 0.357 e. The summed E-state index contributed by atoms with van der Waals surface area (Å²) in [5.41, 5.74) is 1.82. The van der Waals surface area contributed by atoms with Gasteiger partial charge in [0.15, 0.2) is 0 Å². The molecule has 9 heteroatoms. The molecule has 0 saturated carbocycles. The Kier molecular flexibility index (Phi) is 6.82. The SMILES string of the molecule is CCN(CC)c1cc(Nc2ccc(NC(=O)Cn3cnc4ccccc4c3=O)cc2)nc(C)n1. The van der Waals surface area contributed by atoms with Gasteiger partial charge in [-0.1, -0.05) is 12.1 Å². The summed E-state index contributed by atoms with van der Waals surface area (Å²) in [5.74, 6) is 1.96. The standard InChI is InChI=1S/C25H27N7O2/c1-4-31(5-2)23-14-22(27-17(3)28-23)29-18-10-12-19(13-11-18)30-24(33)15-32-16-26-21-9-7-6-8-20(21)25(32)34/h6-14,16H,4-5,15H2,1-3H3,(H,30,33)(H,27,28,29). The number of amides is 1. The zero-order chi connectivity index (χ0) is 24.1. The Bertz CT molecular complexity index is 1360. The van der Waals surface area contributed by atoms with E-state index >= 15 is 0 Å². The Morgan fingerprint density at radius 2 is 1.71 bits per heavy atom. The van der Waals surface area contributed by atoms with Crippen LogP contribution < -0.4 is 21.1 Å². The monoisotopic (exact) mass is 457 g/mol. The lowest BCUT2D eigenvalue weighted by atomic mass is 10.2. The summed E-state index contributed by atoms with van der Waals surface area (Å²) < 4.78 is 1.30. The molecule has 4 aromatic rings. The number of aromatic nitrogens is 4. The van der Waals surface area contributed by atoms with Crippen molar-refractivity contribution in [3.8, 4) is 0 Å². The van der Waals surface area contributed by atoms with E-state index in [-0.39, 0.29) is 18.0 Å². The number of para-hydroxylation sites is 1. The number of nitrogens with one attached hydrogen (secondary N) is 2. The Balaban J connectivity index is 1.42. The van der Waals surface area contributed by atoms with Gasteiger partial charge in [-0.3, -0.25) is 14.2 Å². The molecular formula is C25H27N7O2. The van der Waals surface area contributed by atoms with Crippen LogP contribution >= 0.6 is 0 Å². The highest BCUT2D eigenvalue weighted by Crippen LogP contribution is 2.21. The average Bonchev–Trinajstić information content (AvgIpc) is 2.83. The minimum absolute atomic E-state index is 0.120. The van der Waals surface area contributed by atoms with Crippen LogP contribution in [-0.4, -0.2) is 38.5 Å². The molecule has 2 heterocycles. The van der Waals surface area contributed by atoms with E-state index in [2.05, 4.69) is 44.3 Å². The Morgan fingerprint density at radius 3 is 2.44 bits per heavy atom. The van der Waals surface area contributed by atoms with Gasteiger partial charge in [0.1, 0.15) is 24.0 Å². The lowest BCUT2D eigenvalue weighted by Gasteiger charge is -2.20. The number of carbonyl (C=O) groups is 1. The third kappa shape index (κ3) is 5.20. The van der Waals surface area contributed by atoms with Crippen molar-refractivity contribution in [3.63, 3.8) is 0 Å². The first-order chi connectivity index (χ1) is 16.5. The van der Waals surface area contributed by atoms with Crippen molar-refractivity contribution in [1.82, 2.24) is 19.5 Å². The predicted molar refractivity (Wildman–Crippen MR) is 135 cm³/mol. The van der Waals surface area contributed by atoms with E-state index in [1.54, 1.807) is 30.3 Å². The molecule has 0 aliphatic carbocycles. The normalized spacial score (nSPS) is 10.8. The van der Waals surface area contributed by atoms with Crippen molar-refractivity contribution in [2.75, 3.05) is 28.6 Å². The van der Waals surface area contributed by atoms with Crippen LogP contribution in [0.5, 0.6) is 0 Å². The van der Waals surface area contributed by atoms with Crippen LogP contribution in [0.4, 0.5) is 23.0 Å². The first-order valence-corrected chi connectivity index (χ1v) is 11.2. The van der Waals surface area contributed by atoms with E-state index in [0.29, 0.717) is 28.2 Å². The Hall–Kier alpha value is -4.27. The first kappa shape index (κ1) is 22.9. The first-order valence-electron chi connectivity index (χ1n) is 11.2. The molecule has 4 rings (SSSR count). The molecule has 0 radical (unpaired) electrons. The number of fused-ring (bicyclic) bond motifs is 1. The summed E-state index contributed by atoms with van der Waals surface area (Å²) in [6, 6.07) is 16.3. The summed E-state index contributed by atoms with van der Waals surface area (Å²) >= 11 is 0. The van der Waals surface area contributed by atoms with E-state index in [9.17, 15) is 9.59 Å².